The van der Waals surface area contributed by atoms with E-state index >= 15 is 0 Å². The maximum Gasteiger partial charge on any atom is 0.255 e. The molecule has 0 aliphatic rings. The Bertz CT molecular complexity index is 1330. The summed E-state index contributed by atoms with van der Waals surface area (Å²) < 4.78 is 7.03. The second-order valence-corrected chi connectivity index (χ2v) is 8.02. The third kappa shape index (κ3) is 5.77. The number of hydrogen-bond acceptors (Lipinski definition) is 6. The van der Waals surface area contributed by atoms with Crippen molar-refractivity contribution >= 4 is 40.2 Å². The molecule has 4 rings (SSSR count). The van der Waals surface area contributed by atoms with Gasteiger partial charge < -0.3 is 30.4 Å². The van der Waals surface area contributed by atoms with Gasteiger partial charge in [-0.25, -0.2) is 4.98 Å². The van der Waals surface area contributed by atoms with Crippen LogP contribution in [0.15, 0.2) is 72.8 Å². The number of aliphatic hydroxyl groups is 1. The molecule has 0 radical (unpaired) electrons. The maximum atomic E-state index is 12.8. The molecule has 180 valence electrons. The molecule has 2 amide bonds. The van der Waals surface area contributed by atoms with Crippen LogP contribution in [-0.2, 0) is 11.3 Å². The van der Waals surface area contributed by atoms with Crippen molar-refractivity contribution in [3.05, 3.63) is 78.4 Å². The summed E-state index contributed by atoms with van der Waals surface area (Å²) in [6.45, 7) is 2.01. The molecule has 1 heterocycles. The molecule has 1 atom stereocenters. The highest BCUT2D eigenvalue weighted by atomic mass is 16.5. The highest BCUT2D eigenvalue weighted by Gasteiger charge is 2.15. The Hall–Kier alpha value is -4.37. The lowest BCUT2D eigenvalue weighted by Gasteiger charge is -2.13. The van der Waals surface area contributed by atoms with E-state index in [-0.39, 0.29) is 18.4 Å². The summed E-state index contributed by atoms with van der Waals surface area (Å²) in [5.41, 5.74) is 3.13. The number of benzene rings is 3. The minimum atomic E-state index is -0.559. The minimum absolute atomic E-state index is 0.0265. The van der Waals surface area contributed by atoms with Gasteiger partial charge in [0.15, 0.2) is 0 Å². The number of carbonyl (C=O) groups is 2. The Balaban J connectivity index is 1.43. The normalized spacial score (nSPS) is 11.6. The van der Waals surface area contributed by atoms with Crippen LogP contribution in [0.4, 0.5) is 17.3 Å². The Labute approximate surface area is 202 Å². The molecule has 1 aromatic heterocycles. The lowest BCUT2D eigenvalue weighted by molar-refractivity contribution is -0.116. The standard InChI is InChI=1S/C26H27N5O4/c1-17(32)15-27-26-30-20-7-3-5-9-22(20)31(26)16-24(33)28-19-13-11-18(12-14-19)25(34)29-21-8-4-6-10-23(21)35-2/h3-14,17,32H,15-16H2,1-2H3,(H,27,30)(H,28,33)(H,29,34). The van der Waals surface area contributed by atoms with E-state index in [1.165, 1.54) is 0 Å². The summed E-state index contributed by atoms with van der Waals surface area (Å²) in [4.78, 5) is 30.0. The first-order valence-corrected chi connectivity index (χ1v) is 11.2. The second kappa shape index (κ2) is 10.7. The summed E-state index contributed by atoms with van der Waals surface area (Å²) in [6, 6.07) is 21.3. The summed E-state index contributed by atoms with van der Waals surface area (Å²) >= 11 is 0. The molecular formula is C26H27N5O4. The van der Waals surface area contributed by atoms with Gasteiger partial charge in [-0.05, 0) is 55.5 Å². The molecule has 4 aromatic rings. The van der Waals surface area contributed by atoms with Gasteiger partial charge in [-0.2, -0.15) is 0 Å². The van der Waals surface area contributed by atoms with E-state index in [0.717, 1.165) is 11.0 Å². The van der Waals surface area contributed by atoms with Crippen molar-refractivity contribution in [2.45, 2.75) is 19.6 Å². The van der Waals surface area contributed by atoms with Crippen LogP contribution in [0.25, 0.3) is 11.0 Å². The van der Waals surface area contributed by atoms with Crippen molar-refractivity contribution in [3.8, 4) is 5.75 Å². The van der Waals surface area contributed by atoms with Crippen LogP contribution in [0.3, 0.4) is 0 Å². The van der Waals surface area contributed by atoms with E-state index in [1.807, 2.05) is 36.4 Å². The van der Waals surface area contributed by atoms with E-state index < -0.39 is 6.10 Å². The van der Waals surface area contributed by atoms with Crippen LogP contribution in [0.5, 0.6) is 5.75 Å². The van der Waals surface area contributed by atoms with Crippen LogP contribution in [0, 0.1) is 0 Å². The first kappa shape index (κ1) is 23.8. The number of carbonyl (C=O) groups excluding carboxylic acids is 2. The van der Waals surface area contributed by atoms with Crippen molar-refractivity contribution < 1.29 is 19.4 Å². The van der Waals surface area contributed by atoms with Crippen molar-refractivity contribution in [1.82, 2.24) is 9.55 Å². The zero-order chi connectivity index (χ0) is 24.8. The molecule has 0 bridgehead atoms. The predicted octanol–water partition coefficient (Wildman–Crippen LogP) is 3.73. The molecule has 0 aliphatic heterocycles. The highest BCUT2D eigenvalue weighted by Crippen LogP contribution is 2.24. The van der Waals surface area contributed by atoms with E-state index in [2.05, 4.69) is 20.9 Å². The van der Waals surface area contributed by atoms with Gasteiger partial charge in [0.1, 0.15) is 12.3 Å². The number of nitrogens with zero attached hydrogens (tertiary/aromatic N) is 2. The van der Waals surface area contributed by atoms with Crippen LogP contribution in [0.1, 0.15) is 17.3 Å². The number of aromatic nitrogens is 2. The number of nitrogens with one attached hydrogen (secondary N) is 3. The molecule has 0 spiro atoms. The quantitative estimate of drug-likeness (QED) is 0.294. The van der Waals surface area contributed by atoms with Gasteiger partial charge >= 0.3 is 0 Å². The molecule has 9 nitrogen and oxygen atoms in total. The number of aliphatic hydroxyl groups excluding tert-OH is 1. The summed E-state index contributed by atoms with van der Waals surface area (Å²) in [7, 11) is 1.54. The van der Waals surface area contributed by atoms with E-state index in [0.29, 0.717) is 35.2 Å². The van der Waals surface area contributed by atoms with Crippen molar-refractivity contribution in [2.75, 3.05) is 29.6 Å². The van der Waals surface area contributed by atoms with Gasteiger partial charge in [0.25, 0.3) is 5.91 Å². The number of anilines is 3. The smallest absolute Gasteiger partial charge is 0.255 e. The largest absolute Gasteiger partial charge is 0.495 e. The van der Waals surface area contributed by atoms with Gasteiger partial charge in [0.05, 0.1) is 29.9 Å². The van der Waals surface area contributed by atoms with Crippen molar-refractivity contribution in [2.24, 2.45) is 0 Å². The Kier molecular flexibility index (Phi) is 7.27. The number of para-hydroxylation sites is 4. The Morgan fingerprint density at radius 1 is 1.00 bits per heavy atom. The molecule has 0 aliphatic carbocycles. The third-order valence-corrected chi connectivity index (χ3v) is 5.30. The average molecular weight is 474 g/mol. The summed E-state index contributed by atoms with van der Waals surface area (Å²) in [5, 5.41) is 18.4. The number of hydrogen-bond donors (Lipinski definition) is 4. The van der Waals surface area contributed by atoms with Gasteiger partial charge in [-0.1, -0.05) is 24.3 Å². The predicted molar refractivity (Wildman–Crippen MR) is 136 cm³/mol. The van der Waals surface area contributed by atoms with Crippen LogP contribution in [0.2, 0.25) is 0 Å². The molecule has 3 aromatic carbocycles. The van der Waals surface area contributed by atoms with Crippen molar-refractivity contribution in [1.29, 1.82) is 0 Å². The topological polar surface area (TPSA) is 118 Å². The SMILES string of the molecule is COc1ccccc1NC(=O)c1ccc(NC(=O)Cn2c(NCC(C)O)nc3ccccc32)cc1. The maximum absolute atomic E-state index is 12.8. The number of rotatable bonds is 9. The fourth-order valence-electron chi connectivity index (χ4n) is 3.60. The first-order valence-electron chi connectivity index (χ1n) is 11.2. The van der Waals surface area contributed by atoms with Gasteiger partial charge in [-0.3, -0.25) is 9.59 Å². The van der Waals surface area contributed by atoms with Gasteiger partial charge in [-0.15, -0.1) is 0 Å². The third-order valence-electron chi connectivity index (χ3n) is 5.30. The molecule has 35 heavy (non-hydrogen) atoms. The number of imidazole rings is 1. The van der Waals surface area contributed by atoms with Crippen LogP contribution >= 0.6 is 0 Å². The molecule has 0 fully saturated rings. The molecule has 0 saturated heterocycles. The number of ether oxygens (including phenoxy) is 1. The Morgan fingerprint density at radius 3 is 2.46 bits per heavy atom. The molecular weight excluding hydrogens is 446 g/mol. The lowest BCUT2D eigenvalue weighted by Crippen LogP contribution is -2.22. The van der Waals surface area contributed by atoms with E-state index in [9.17, 15) is 14.7 Å². The monoisotopic (exact) mass is 473 g/mol. The van der Waals surface area contributed by atoms with Crippen LogP contribution in [-0.4, -0.2) is 46.2 Å². The molecule has 9 heteroatoms. The number of fused-ring (bicyclic) bond motifs is 1. The van der Waals surface area contributed by atoms with Crippen LogP contribution < -0.4 is 20.7 Å². The Morgan fingerprint density at radius 2 is 1.71 bits per heavy atom. The zero-order valence-electron chi connectivity index (χ0n) is 19.5. The zero-order valence-corrected chi connectivity index (χ0v) is 19.5. The molecule has 0 saturated carbocycles. The lowest BCUT2D eigenvalue weighted by atomic mass is 10.2. The molecule has 1 unspecified atom stereocenters. The minimum Gasteiger partial charge on any atom is -0.495 e. The number of methoxy groups -OCH3 is 1. The fourth-order valence-corrected chi connectivity index (χ4v) is 3.60. The number of amides is 2. The van der Waals surface area contributed by atoms with Gasteiger partial charge in [0, 0.05) is 17.8 Å². The van der Waals surface area contributed by atoms with E-state index in [1.54, 1.807) is 55.0 Å². The van der Waals surface area contributed by atoms with Gasteiger partial charge in [0.2, 0.25) is 11.9 Å². The average Bonchev–Trinajstić information content (AvgIpc) is 3.20. The van der Waals surface area contributed by atoms with E-state index in [4.69, 9.17) is 4.74 Å². The highest BCUT2D eigenvalue weighted by molar-refractivity contribution is 6.05. The fraction of sp³-hybridized carbons (Fsp3) is 0.192. The summed E-state index contributed by atoms with van der Waals surface area (Å²) in [6.07, 6.45) is -0.559. The first-order chi connectivity index (χ1) is 16.9. The summed E-state index contributed by atoms with van der Waals surface area (Å²) in [5.74, 6) is 0.537. The van der Waals surface area contributed by atoms with Crippen molar-refractivity contribution in [3.63, 3.8) is 0 Å². The second-order valence-electron chi connectivity index (χ2n) is 8.02. The molecule has 4 N–H and O–H groups in total.